The minimum Gasteiger partial charge on any atom is -0.293 e. The Labute approximate surface area is 120 Å². The molecule has 0 aromatic carbocycles. The number of carbonyl (C=O) groups is 1. The number of fused-ring (bicyclic) bond motifs is 1. The fraction of sp³-hybridized carbons (Fsp3) is 0.500. The molecule has 0 spiro atoms. The summed E-state index contributed by atoms with van der Waals surface area (Å²) in [7, 11) is 0. The van der Waals surface area contributed by atoms with Crippen LogP contribution in [0.5, 0.6) is 0 Å². The lowest BCUT2D eigenvalue weighted by Gasteiger charge is -2.26. The highest BCUT2D eigenvalue weighted by Crippen LogP contribution is 2.37. The summed E-state index contributed by atoms with van der Waals surface area (Å²) < 4.78 is 0. The van der Waals surface area contributed by atoms with E-state index >= 15 is 0 Å². The lowest BCUT2D eigenvalue weighted by atomic mass is 9.78. The Kier molecular flexibility index (Phi) is 3.06. The number of carbonyl (C=O) groups excluding carboxylic acids is 1. The molecule has 0 amide bonds. The molecule has 0 saturated heterocycles. The van der Waals surface area contributed by atoms with Crippen LogP contribution in [0.15, 0.2) is 5.38 Å². The summed E-state index contributed by atoms with van der Waals surface area (Å²) in [5.41, 5.74) is 2.10. The maximum atomic E-state index is 12.1. The van der Waals surface area contributed by atoms with E-state index in [4.69, 9.17) is 0 Å². The zero-order chi connectivity index (χ0) is 13.6. The number of aromatic nitrogens is 2. The first-order valence-electron chi connectivity index (χ1n) is 6.36. The largest absolute Gasteiger partial charge is 0.293 e. The van der Waals surface area contributed by atoms with Crippen LogP contribution in [-0.2, 0) is 12.8 Å². The van der Waals surface area contributed by atoms with Gasteiger partial charge in [-0.1, -0.05) is 13.8 Å². The van der Waals surface area contributed by atoms with E-state index in [1.165, 1.54) is 0 Å². The van der Waals surface area contributed by atoms with Gasteiger partial charge in [0.25, 0.3) is 0 Å². The quantitative estimate of drug-likeness (QED) is 0.848. The standard InChI is InChI=1S/C14H16N2OS2/c1-8-15-9(7-18-8)4-12-16-10-5-14(2,3)6-11(17)13(10)19-12/h7H,4-6H2,1-3H3. The van der Waals surface area contributed by atoms with Crippen LogP contribution in [0.4, 0.5) is 0 Å². The molecule has 1 aliphatic carbocycles. The van der Waals surface area contributed by atoms with Crippen molar-refractivity contribution in [3.8, 4) is 0 Å². The monoisotopic (exact) mass is 292 g/mol. The Hall–Kier alpha value is -1.07. The van der Waals surface area contributed by atoms with Crippen molar-refractivity contribution < 1.29 is 4.79 Å². The molecule has 0 unspecified atom stereocenters. The van der Waals surface area contributed by atoms with Crippen molar-refractivity contribution >= 4 is 28.5 Å². The first kappa shape index (κ1) is 12.9. The molecule has 2 heterocycles. The van der Waals surface area contributed by atoms with E-state index in [9.17, 15) is 4.79 Å². The van der Waals surface area contributed by atoms with Gasteiger partial charge in [-0.3, -0.25) is 4.79 Å². The van der Waals surface area contributed by atoms with Crippen molar-refractivity contribution in [1.82, 2.24) is 9.97 Å². The summed E-state index contributed by atoms with van der Waals surface area (Å²) >= 11 is 3.21. The summed E-state index contributed by atoms with van der Waals surface area (Å²) in [5.74, 6) is 0.254. The van der Waals surface area contributed by atoms with Crippen LogP contribution in [0.3, 0.4) is 0 Å². The average molecular weight is 292 g/mol. The van der Waals surface area contributed by atoms with Crippen molar-refractivity contribution in [2.45, 2.75) is 40.0 Å². The lowest BCUT2D eigenvalue weighted by Crippen LogP contribution is -2.26. The third kappa shape index (κ3) is 2.62. The normalized spacial score (nSPS) is 17.5. The van der Waals surface area contributed by atoms with Gasteiger partial charge in [0, 0.05) is 18.2 Å². The van der Waals surface area contributed by atoms with E-state index < -0.39 is 0 Å². The molecule has 0 radical (unpaired) electrons. The molecule has 100 valence electrons. The zero-order valence-corrected chi connectivity index (χ0v) is 13.0. The SMILES string of the molecule is Cc1nc(Cc2nc3c(s2)C(=O)CC(C)(C)C3)cs1. The van der Waals surface area contributed by atoms with Gasteiger partial charge in [-0.2, -0.15) is 0 Å². The van der Waals surface area contributed by atoms with E-state index in [0.29, 0.717) is 6.42 Å². The van der Waals surface area contributed by atoms with Crippen LogP contribution in [0.1, 0.15) is 51.3 Å². The van der Waals surface area contributed by atoms with Gasteiger partial charge in [-0.15, -0.1) is 22.7 Å². The number of ketones is 1. The highest BCUT2D eigenvalue weighted by Gasteiger charge is 2.33. The van der Waals surface area contributed by atoms with E-state index in [2.05, 4.69) is 29.2 Å². The predicted molar refractivity (Wildman–Crippen MR) is 78.2 cm³/mol. The first-order valence-corrected chi connectivity index (χ1v) is 8.05. The summed E-state index contributed by atoms with van der Waals surface area (Å²) in [6, 6.07) is 0. The second-order valence-corrected chi connectivity index (χ2v) is 8.00. The van der Waals surface area contributed by atoms with Crippen LogP contribution < -0.4 is 0 Å². The second-order valence-electron chi connectivity index (χ2n) is 5.86. The lowest BCUT2D eigenvalue weighted by molar-refractivity contribution is 0.0916. The molecule has 3 rings (SSSR count). The minimum atomic E-state index is 0.0483. The molecule has 3 nitrogen and oxygen atoms in total. The molecule has 5 heteroatoms. The Bertz CT molecular complexity index is 640. The molecule has 0 saturated carbocycles. The summed E-state index contributed by atoms with van der Waals surface area (Å²) in [6.07, 6.45) is 2.29. The molecule has 2 aromatic rings. The van der Waals surface area contributed by atoms with Crippen molar-refractivity contribution in [2.75, 3.05) is 0 Å². The summed E-state index contributed by atoms with van der Waals surface area (Å²) in [4.78, 5) is 22.1. The highest BCUT2D eigenvalue weighted by atomic mass is 32.1. The van der Waals surface area contributed by atoms with E-state index in [1.54, 1.807) is 22.7 Å². The minimum absolute atomic E-state index is 0.0483. The van der Waals surface area contributed by atoms with Crippen molar-refractivity contribution in [2.24, 2.45) is 5.41 Å². The molecule has 19 heavy (non-hydrogen) atoms. The van der Waals surface area contributed by atoms with E-state index in [1.807, 2.05) is 6.92 Å². The summed E-state index contributed by atoms with van der Waals surface area (Å²) in [5, 5.41) is 4.16. The number of nitrogens with zero attached hydrogens (tertiary/aromatic N) is 2. The highest BCUT2D eigenvalue weighted by molar-refractivity contribution is 7.14. The van der Waals surface area contributed by atoms with Crippen molar-refractivity contribution in [1.29, 1.82) is 0 Å². The van der Waals surface area contributed by atoms with Gasteiger partial charge in [-0.05, 0) is 18.8 Å². The van der Waals surface area contributed by atoms with E-state index in [0.717, 1.165) is 39.1 Å². The maximum absolute atomic E-state index is 12.1. The fourth-order valence-electron chi connectivity index (χ4n) is 2.49. The Morgan fingerprint density at radius 3 is 2.79 bits per heavy atom. The summed E-state index contributed by atoms with van der Waals surface area (Å²) in [6.45, 7) is 6.28. The maximum Gasteiger partial charge on any atom is 0.175 e. The molecular formula is C14H16N2OS2. The van der Waals surface area contributed by atoms with Crippen LogP contribution in [-0.4, -0.2) is 15.8 Å². The van der Waals surface area contributed by atoms with Gasteiger partial charge in [0.2, 0.25) is 0 Å². The smallest absolute Gasteiger partial charge is 0.175 e. The second kappa shape index (κ2) is 4.49. The molecule has 0 N–H and O–H groups in total. The fourth-order valence-corrected chi connectivity index (χ4v) is 4.13. The van der Waals surface area contributed by atoms with Crippen LogP contribution in [0, 0.1) is 12.3 Å². The Morgan fingerprint density at radius 2 is 2.11 bits per heavy atom. The molecule has 1 aliphatic rings. The van der Waals surface area contributed by atoms with Crippen molar-refractivity contribution in [3.63, 3.8) is 0 Å². The van der Waals surface area contributed by atoms with Gasteiger partial charge < -0.3 is 0 Å². The average Bonchev–Trinajstić information content (AvgIpc) is 2.84. The number of Topliss-reactive ketones (excluding diaryl/α,β-unsaturated/α-hetero) is 1. The van der Waals surface area contributed by atoms with Gasteiger partial charge in [0.05, 0.1) is 26.3 Å². The number of aryl methyl sites for hydroxylation is 1. The first-order chi connectivity index (χ1) is 8.93. The Morgan fingerprint density at radius 1 is 1.32 bits per heavy atom. The molecule has 0 fully saturated rings. The molecule has 0 aliphatic heterocycles. The number of hydrogen-bond acceptors (Lipinski definition) is 5. The third-order valence-corrected chi connectivity index (χ3v) is 5.24. The zero-order valence-electron chi connectivity index (χ0n) is 11.3. The van der Waals surface area contributed by atoms with Gasteiger partial charge in [0.1, 0.15) is 0 Å². The molecular weight excluding hydrogens is 276 g/mol. The van der Waals surface area contributed by atoms with Crippen LogP contribution in [0.2, 0.25) is 0 Å². The third-order valence-electron chi connectivity index (χ3n) is 3.28. The Balaban J connectivity index is 1.88. The number of thiazole rings is 2. The number of rotatable bonds is 2. The van der Waals surface area contributed by atoms with Gasteiger partial charge >= 0.3 is 0 Å². The topological polar surface area (TPSA) is 42.9 Å². The molecule has 0 bridgehead atoms. The molecule has 0 atom stereocenters. The van der Waals surface area contributed by atoms with Gasteiger partial charge in [0.15, 0.2) is 5.78 Å². The van der Waals surface area contributed by atoms with E-state index in [-0.39, 0.29) is 11.2 Å². The van der Waals surface area contributed by atoms with Crippen molar-refractivity contribution in [3.05, 3.63) is 31.7 Å². The molecule has 2 aromatic heterocycles. The van der Waals surface area contributed by atoms with Crippen LogP contribution >= 0.6 is 22.7 Å². The number of hydrogen-bond donors (Lipinski definition) is 0. The van der Waals surface area contributed by atoms with Crippen LogP contribution in [0.25, 0.3) is 0 Å². The van der Waals surface area contributed by atoms with Gasteiger partial charge in [-0.25, -0.2) is 9.97 Å². The predicted octanol–water partition coefficient (Wildman–Crippen LogP) is 3.65.